The molecule has 0 saturated heterocycles. The van der Waals surface area contributed by atoms with Gasteiger partial charge >= 0.3 is 12.2 Å². The third kappa shape index (κ3) is 17.1. The maximum absolute atomic E-state index is 14.3. The van der Waals surface area contributed by atoms with Crippen molar-refractivity contribution < 1.29 is 43.0 Å². The monoisotopic (exact) mass is 1000 g/mol. The molecule has 0 radical (unpaired) electrons. The maximum Gasteiger partial charge on any atom is 0.408 e. The molecule has 4 amide bonds. The van der Waals surface area contributed by atoms with Crippen LogP contribution in [0.15, 0.2) is 121 Å². The number of ether oxygens (including phenoxy) is 2. The molecule has 0 aromatic heterocycles. The highest BCUT2D eigenvalue weighted by Crippen LogP contribution is 2.20. The Labute approximate surface area is 391 Å². The molecule has 6 atom stereocenters. The lowest BCUT2D eigenvalue weighted by molar-refractivity contribution is -0.134. The Morgan fingerprint density at radius 1 is 0.422 bits per heavy atom. The molecule has 2 unspecified atom stereocenters. The van der Waals surface area contributed by atoms with Gasteiger partial charge in [-0.05, 0) is 59.8 Å². The Bertz CT molecular complexity index is 1990. The van der Waals surface area contributed by atoms with Gasteiger partial charge in [-0.15, -0.1) is 0 Å². The van der Waals surface area contributed by atoms with Gasteiger partial charge in [0, 0.05) is 0 Å². The zero-order valence-corrected chi connectivity index (χ0v) is 39.5. The molecular formula is C49H56Br2N4O9. The van der Waals surface area contributed by atoms with E-state index in [1.807, 2.05) is 64.1 Å². The number of Topliss-reactive ketones (excluding diaryl/α,β-unsaturated/α-hetero) is 3. The third-order valence-corrected chi connectivity index (χ3v) is 11.7. The molecule has 13 nitrogen and oxygen atoms in total. The number of hydrogen-bond donors (Lipinski definition) is 4. The number of hydrogen-bond acceptors (Lipinski definition) is 9. The lowest BCUT2D eigenvalue weighted by Crippen LogP contribution is -2.56. The Morgan fingerprint density at radius 2 is 0.719 bits per heavy atom. The van der Waals surface area contributed by atoms with E-state index in [9.17, 15) is 33.6 Å². The summed E-state index contributed by atoms with van der Waals surface area (Å²) in [5, 5.41) is 10.8. The molecule has 4 aromatic carbocycles. The normalized spacial score (nSPS) is 13.9. The molecule has 4 aromatic rings. The average Bonchev–Trinajstić information content (AvgIpc) is 3.29. The summed E-state index contributed by atoms with van der Waals surface area (Å²) in [5.74, 6) is -3.78. The van der Waals surface area contributed by atoms with Crippen molar-refractivity contribution in [2.45, 2.75) is 100 Å². The molecule has 0 aliphatic carbocycles. The van der Waals surface area contributed by atoms with Gasteiger partial charge in [0.1, 0.15) is 35.0 Å². The fourth-order valence-corrected chi connectivity index (χ4v) is 8.19. The second-order valence-corrected chi connectivity index (χ2v) is 18.0. The first-order valence-corrected chi connectivity index (χ1v) is 23.0. The summed E-state index contributed by atoms with van der Waals surface area (Å²) in [6.45, 7) is 7.46. The summed E-state index contributed by atoms with van der Waals surface area (Å²) in [5.41, 5.74) is 2.86. The van der Waals surface area contributed by atoms with E-state index in [1.54, 1.807) is 84.9 Å². The van der Waals surface area contributed by atoms with E-state index < -0.39 is 75.2 Å². The van der Waals surface area contributed by atoms with Gasteiger partial charge in [-0.25, -0.2) is 9.59 Å². The summed E-state index contributed by atoms with van der Waals surface area (Å²) in [6, 6.07) is 31.1. The van der Waals surface area contributed by atoms with Crippen LogP contribution in [0.25, 0.3) is 0 Å². The number of carbonyl (C=O) groups excluding carboxylic acids is 7. The lowest BCUT2D eigenvalue weighted by atomic mass is 9.94. The number of amides is 4. The summed E-state index contributed by atoms with van der Waals surface area (Å²) < 4.78 is 10.7. The number of alkyl halides is 2. The first-order chi connectivity index (χ1) is 30.6. The minimum absolute atomic E-state index is 0.0146. The van der Waals surface area contributed by atoms with Crippen LogP contribution in [0.4, 0.5) is 9.59 Å². The smallest absolute Gasteiger partial charge is 0.408 e. The van der Waals surface area contributed by atoms with Gasteiger partial charge in [-0.2, -0.15) is 0 Å². The van der Waals surface area contributed by atoms with Crippen molar-refractivity contribution in [3.8, 4) is 0 Å². The Kier molecular flexibility index (Phi) is 20.9. The summed E-state index contributed by atoms with van der Waals surface area (Å²) in [6.07, 6.45) is -1.25. The zero-order valence-electron chi connectivity index (χ0n) is 36.3. The van der Waals surface area contributed by atoms with Gasteiger partial charge < -0.3 is 30.7 Å². The quantitative estimate of drug-likeness (QED) is 0.0411. The van der Waals surface area contributed by atoms with Crippen molar-refractivity contribution in [2.75, 3.05) is 0 Å². The maximum atomic E-state index is 14.3. The molecule has 64 heavy (non-hydrogen) atoms. The van der Waals surface area contributed by atoms with Crippen LogP contribution < -0.4 is 21.3 Å². The second-order valence-electron chi connectivity index (χ2n) is 16.2. The highest BCUT2D eigenvalue weighted by Gasteiger charge is 2.40. The Hall–Kier alpha value is -5.67. The number of nitrogens with one attached hydrogen (secondary N) is 4. The van der Waals surface area contributed by atoms with Gasteiger partial charge in [0.15, 0.2) is 17.3 Å². The molecule has 0 aliphatic rings. The zero-order chi connectivity index (χ0) is 46.6. The standard InChI is InChI=1S/C49H56Br2N4O9/c1-31(2)25-39(54-48(61)63-29-35-21-13-7-14-22-35)46(59)52-37(27-33-17-9-5-10-18-33)43(56)41(50)45(58)42(51)44(57)38(28-34-19-11-6-12-20-34)53-47(60)40(26-32(3)4)55-49(62)64-30-36-23-15-8-16-24-36/h5-24,31-32,37-42H,25-30H2,1-4H3,(H,52,59)(H,53,60)(H,54,61)(H,55,62)/t37-,38-,39-,40-,41?,42?/m0/s1. The van der Waals surface area contributed by atoms with E-state index in [4.69, 9.17) is 9.47 Å². The number of ketones is 3. The van der Waals surface area contributed by atoms with Crippen molar-refractivity contribution in [2.24, 2.45) is 11.8 Å². The van der Waals surface area contributed by atoms with Crippen LogP contribution in [-0.2, 0) is 59.5 Å². The molecule has 0 aliphatic heterocycles. The number of carbonyl (C=O) groups is 7. The summed E-state index contributed by atoms with van der Waals surface area (Å²) >= 11 is 6.49. The van der Waals surface area contributed by atoms with E-state index in [0.29, 0.717) is 11.1 Å². The molecule has 0 saturated carbocycles. The molecule has 0 fully saturated rings. The molecule has 4 rings (SSSR count). The molecule has 15 heteroatoms. The molecule has 340 valence electrons. The minimum atomic E-state index is -1.59. The summed E-state index contributed by atoms with van der Waals surface area (Å²) in [7, 11) is 0. The first-order valence-electron chi connectivity index (χ1n) is 21.1. The molecule has 0 bridgehead atoms. The first kappa shape index (κ1) is 51.0. The molecule has 0 heterocycles. The highest BCUT2D eigenvalue weighted by atomic mass is 79.9. The number of alkyl carbamates (subject to hydrolysis) is 2. The molecule has 4 N–H and O–H groups in total. The third-order valence-electron chi connectivity index (χ3n) is 9.94. The average molecular weight is 1000 g/mol. The van der Waals surface area contributed by atoms with Gasteiger partial charge in [0.2, 0.25) is 11.8 Å². The largest absolute Gasteiger partial charge is 0.445 e. The van der Waals surface area contributed by atoms with E-state index in [0.717, 1.165) is 11.1 Å². The minimum Gasteiger partial charge on any atom is -0.445 e. The second kappa shape index (κ2) is 26.2. The van der Waals surface area contributed by atoms with Gasteiger partial charge in [-0.3, -0.25) is 24.0 Å². The van der Waals surface area contributed by atoms with Crippen molar-refractivity contribution >= 4 is 73.2 Å². The van der Waals surface area contributed by atoms with Crippen LogP contribution in [0, 0.1) is 11.8 Å². The fraction of sp³-hybridized carbons (Fsp3) is 0.367. The van der Waals surface area contributed by atoms with E-state index in [2.05, 4.69) is 53.1 Å². The van der Waals surface area contributed by atoms with Crippen LogP contribution in [-0.4, -0.2) is 75.2 Å². The van der Waals surface area contributed by atoms with E-state index in [1.165, 1.54) is 0 Å². The molecule has 0 spiro atoms. The highest BCUT2D eigenvalue weighted by molar-refractivity contribution is 9.11. The van der Waals surface area contributed by atoms with E-state index >= 15 is 0 Å². The van der Waals surface area contributed by atoms with Gasteiger partial charge in [0.25, 0.3) is 0 Å². The Morgan fingerprint density at radius 3 is 1.02 bits per heavy atom. The predicted molar refractivity (Wildman–Crippen MR) is 251 cm³/mol. The SMILES string of the molecule is CC(C)C[C@H](NC(=O)OCc1ccccc1)C(=O)N[C@@H](Cc1ccccc1)C(=O)C(Br)C(=O)C(Br)C(=O)[C@H](Cc1ccccc1)NC(=O)[C@H](CC(C)C)NC(=O)OCc1ccccc1. The van der Waals surface area contributed by atoms with Crippen molar-refractivity contribution in [1.82, 2.24) is 21.3 Å². The van der Waals surface area contributed by atoms with Crippen LogP contribution >= 0.6 is 31.9 Å². The summed E-state index contributed by atoms with van der Waals surface area (Å²) in [4.78, 5) is 93.2. The van der Waals surface area contributed by atoms with Crippen molar-refractivity contribution in [3.05, 3.63) is 144 Å². The molecular weight excluding hydrogens is 948 g/mol. The fourth-order valence-electron chi connectivity index (χ4n) is 6.67. The van der Waals surface area contributed by atoms with Crippen LogP contribution in [0.5, 0.6) is 0 Å². The van der Waals surface area contributed by atoms with Crippen molar-refractivity contribution in [3.63, 3.8) is 0 Å². The Balaban J connectivity index is 1.52. The van der Waals surface area contributed by atoms with Crippen LogP contribution in [0.2, 0.25) is 0 Å². The van der Waals surface area contributed by atoms with E-state index in [-0.39, 0.29) is 50.7 Å². The number of halogens is 2. The van der Waals surface area contributed by atoms with Crippen LogP contribution in [0.1, 0.15) is 62.8 Å². The van der Waals surface area contributed by atoms with Crippen LogP contribution in [0.3, 0.4) is 0 Å². The number of rotatable bonds is 24. The van der Waals surface area contributed by atoms with Gasteiger partial charge in [0.05, 0.1) is 12.1 Å². The van der Waals surface area contributed by atoms with Gasteiger partial charge in [-0.1, -0.05) is 181 Å². The lowest BCUT2D eigenvalue weighted by Gasteiger charge is -2.27. The van der Waals surface area contributed by atoms with Crippen molar-refractivity contribution in [1.29, 1.82) is 0 Å². The topological polar surface area (TPSA) is 186 Å². The number of benzene rings is 4. The predicted octanol–water partition coefficient (Wildman–Crippen LogP) is 7.36.